The Morgan fingerprint density at radius 1 is 1.09 bits per heavy atom. The van der Waals surface area contributed by atoms with E-state index in [9.17, 15) is 4.39 Å². The zero-order chi connectivity index (χ0) is 16.0. The van der Waals surface area contributed by atoms with Gasteiger partial charge in [0.25, 0.3) is 0 Å². The maximum Gasteiger partial charge on any atom is 0.494 e. The first-order valence-electron chi connectivity index (χ1n) is 7.64. The molecule has 2 aliphatic heterocycles. The van der Waals surface area contributed by atoms with Crippen molar-refractivity contribution >= 4 is 12.6 Å². The molecule has 2 heterocycles. The molecule has 22 heavy (non-hydrogen) atoms. The summed E-state index contributed by atoms with van der Waals surface area (Å²) in [5.74, 6) is -0.317. The second-order valence-electron chi connectivity index (χ2n) is 6.80. The lowest BCUT2D eigenvalue weighted by Gasteiger charge is -2.32. The zero-order valence-corrected chi connectivity index (χ0v) is 13.5. The molecule has 1 aromatic rings. The Bertz CT molecular complexity index is 539. The standard InChI is InChI=1S/C16H22BFO4/c1-15(2)16(3,4)22-17(21-15)11-5-6-12(13(18)9-11)14-10-19-7-8-20-14/h5-6,9,14H,7-8,10H2,1-4H3. The molecule has 1 atom stereocenters. The topological polar surface area (TPSA) is 36.9 Å². The van der Waals surface area contributed by atoms with Crippen molar-refractivity contribution in [3.8, 4) is 0 Å². The van der Waals surface area contributed by atoms with Gasteiger partial charge in [-0.05, 0) is 39.2 Å². The fourth-order valence-corrected chi connectivity index (χ4v) is 2.60. The summed E-state index contributed by atoms with van der Waals surface area (Å²) in [6.07, 6.45) is -0.346. The van der Waals surface area contributed by atoms with E-state index in [0.717, 1.165) is 0 Å². The van der Waals surface area contributed by atoms with Crippen LogP contribution in [-0.2, 0) is 18.8 Å². The van der Waals surface area contributed by atoms with Crippen molar-refractivity contribution in [1.29, 1.82) is 0 Å². The molecule has 3 rings (SSSR count). The van der Waals surface area contributed by atoms with Gasteiger partial charge in [0, 0.05) is 5.56 Å². The predicted octanol–water partition coefficient (Wildman–Crippen LogP) is 2.21. The van der Waals surface area contributed by atoms with Crippen LogP contribution in [0.1, 0.15) is 39.4 Å². The van der Waals surface area contributed by atoms with Crippen LogP contribution in [-0.4, -0.2) is 38.1 Å². The first-order valence-corrected chi connectivity index (χ1v) is 7.64. The highest BCUT2D eigenvalue weighted by Gasteiger charge is 2.51. The van der Waals surface area contributed by atoms with Crippen molar-refractivity contribution < 1.29 is 23.2 Å². The van der Waals surface area contributed by atoms with Gasteiger partial charge < -0.3 is 18.8 Å². The Morgan fingerprint density at radius 2 is 1.77 bits per heavy atom. The summed E-state index contributed by atoms with van der Waals surface area (Å²) in [5, 5.41) is 0. The lowest BCUT2D eigenvalue weighted by Crippen LogP contribution is -2.41. The van der Waals surface area contributed by atoms with Crippen LogP contribution in [0.3, 0.4) is 0 Å². The Labute approximate surface area is 131 Å². The highest BCUT2D eigenvalue weighted by molar-refractivity contribution is 6.62. The minimum Gasteiger partial charge on any atom is -0.399 e. The molecule has 0 spiro atoms. The van der Waals surface area contributed by atoms with Crippen LogP contribution in [0.4, 0.5) is 4.39 Å². The Kier molecular flexibility index (Phi) is 4.06. The Balaban J connectivity index is 1.81. The largest absolute Gasteiger partial charge is 0.494 e. The molecule has 4 nitrogen and oxygen atoms in total. The van der Waals surface area contributed by atoms with Gasteiger partial charge >= 0.3 is 7.12 Å². The van der Waals surface area contributed by atoms with Crippen LogP contribution in [0.5, 0.6) is 0 Å². The maximum atomic E-state index is 14.4. The second kappa shape index (κ2) is 5.60. The average Bonchev–Trinajstić information content (AvgIpc) is 2.68. The first kappa shape index (κ1) is 15.9. The molecule has 2 fully saturated rings. The number of rotatable bonds is 2. The fourth-order valence-electron chi connectivity index (χ4n) is 2.60. The van der Waals surface area contributed by atoms with Crippen LogP contribution >= 0.6 is 0 Å². The van der Waals surface area contributed by atoms with Crippen molar-refractivity contribution in [2.24, 2.45) is 0 Å². The van der Waals surface area contributed by atoms with E-state index >= 15 is 0 Å². The number of benzene rings is 1. The quantitative estimate of drug-likeness (QED) is 0.785. The van der Waals surface area contributed by atoms with Crippen molar-refractivity contribution in [1.82, 2.24) is 0 Å². The number of halogens is 1. The molecule has 1 aromatic carbocycles. The third-order valence-corrected chi connectivity index (χ3v) is 4.71. The van der Waals surface area contributed by atoms with Gasteiger partial charge in [-0.2, -0.15) is 0 Å². The van der Waals surface area contributed by atoms with Crippen LogP contribution in [0.15, 0.2) is 18.2 Å². The second-order valence-corrected chi connectivity index (χ2v) is 6.80. The molecule has 120 valence electrons. The van der Waals surface area contributed by atoms with E-state index in [4.69, 9.17) is 18.8 Å². The summed E-state index contributed by atoms with van der Waals surface area (Å²) < 4.78 is 37.2. The molecule has 0 amide bonds. The van der Waals surface area contributed by atoms with Gasteiger partial charge in [-0.25, -0.2) is 4.39 Å². The van der Waals surface area contributed by atoms with Crippen molar-refractivity contribution in [3.05, 3.63) is 29.6 Å². The summed E-state index contributed by atoms with van der Waals surface area (Å²) in [7, 11) is -0.558. The third-order valence-electron chi connectivity index (χ3n) is 4.71. The van der Waals surface area contributed by atoms with E-state index in [1.54, 1.807) is 6.07 Å². The SMILES string of the molecule is CC1(C)OB(c2ccc(C3COCCO3)c(F)c2)OC1(C)C. The number of hydrogen-bond acceptors (Lipinski definition) is 4. The van der Waals surface area contributed by atoms with Crippen molar-refractivity contribution in [2.75, 3.05) is 19.8 Å². The lowest BCUT2D eigenvalue weighted by molar-refractivity contribution is -0.0913. The van der Waals surface area contributed by atoms with E-state index in [0.29, 0.717) is 30.8 Å². The normalized spacial score (nSPS) is 27.1. The maximum absolute atomic E-state index is 14.4. The molecule has 0 saturated carbocycles. The van der Waals surface area contributed by atoms with Crippen molar-refractivity contribution in [2.45, 2.75) is 45.0 Å². The van der Waals surface area contributed by atoms with Gasteiger partial charge in [-0.1, -0.05) is 12.1 Å². The van der Waals surface area contributed by atoms with Crippen LogP contribution in [0.25, 0.3) is 0 Å². The molecule has 0 N–H and O–H groups in total. The van der Waals surface area contributed by atoms with Gasteiger partial charge in [0.1, 0.15) is 11.9 Å². The lowest BCUT2D eigenvalue weighted by atomic mass is 9.78. The van der Waals surface area contributed by atoms with Crippen molar-refractivity contribution in [3.63, 3.8) is 0 Å². The van der Waals surface area contributed by atoms with Gasteiger partial charge in [0.15, 0.2) is 0 Å². The van der Waals surface area contributed by atoms with Gasteiger partial charge in [0.2, 0.25) is 0 Å². The molecule has 6 heteroatoms. The monoisotopic (exact) mass is 308 g/mol. The van der Waals surface area contributed by atoms with E-state index in [-0.39, 0.29) is 11.9 Å². The summed E-state index contributed by atoms with van der Waals surface area (Å²) in [6, 6.07) is 5.03. The van der Waals surface area contributed by atoms with E-state index in [2.05, 4.69) is 0 Å². The highest BCUT2D eigenvalue weighted by atomic mass is 19.1. The summed E-state index contributed by atoms with van der Waals surface area (Å²) in [5.41, 5.74) is 0.317. The average molecular weight is 308 g/mol. The minimum atomic E-state index is -0.558. The summed E-state index contributed by atoms with van der Waals surface area (Å²) in [6.45, 7) is 9.34. The third kappa shape index (κ3) is 2.81. The molecule has 2 saturated heterocycles. The minimum absolute atomic E-state index is 0.317. The van der Waals surface area contributed by atoms with E-state index in [1.807, 2.05) is 33.8 Å². The van der Waals surface area contributed by atoms with Crippen LogP contribution in [0.2, 0.25) is 0 Å². The van der Waals surface area contributed by atoms with Crippen LogP contribution < -0.4 is 5.46 Å². The molecule has 2 aliphatic rings. The number of ether oxygens (including phenoxy) is 2. The molecular weight excluding hydrogens is 286 g/mol. The van der Waals surface area contributed by atoms with Crippen LogP contribution in [0, 0.1) is 5.82 Å². The van der Waals surface area contributed by atoms with E-state index in [1.165, 1.54) is 6.07 Å². The summed E-state index contributed by atoms with van der Waals surface area (Å²) >= 11 is 0. The fraction of sp³-hybridized carbons (Fsp3) is 0.625. The van der Waals surface area contributed by atoms with Gasteiger partial charge in [0.05, 0.1) is 31.0 Å². The molecule has 0 aromatic heterocycles. The Morgan fingerprint density at radius 3 is 2.32 bits per heavy atom. The van der Waals surface area contributed by atoms with Gasteiger partial charge in [-0.3, -0.25) is 0 Å². The van der Waals surface area contributed by atoms with E-state index < -0.39 is 18.3 Å². The zero-order valence-electron chi connectivity index (χ0n) is 13.5. The summed E-state index contributed by atoms with van der Waals surface area (Å²) in [4.78, 5) is 0. The number of hydrogen-bond donors (Lipinski definition) is 0. The Hall–Kier alpha value is -0.945. The molecular formula is C16H22BFO4. The molecule has 1 unspecified atom stereocenters. The molecule has 0 bridgehead atoms. The highest BCUT2D eigenvalue weighted by Crippen LogP contribution is 2.36. The predicted molar refractivity (Wildman–Crippen MR) is 81.6 cm³/mol. The molecule has 0 radical (unpaired) electrons. The molecule has 0 aliphatic carbocycles. The first-order chi connectivity index (χ1) is 10.3. The van der Waals surface area contributed by atoms with Gasteiger partial charge in [-0.15, -0.1) is 0 Å². The smallest absolute Gasteiger partial charge is 0.399 e.